The van der Waals surface area contributed by atoms with Crippen LogP contribution in [0, 0.1) is 11.3 Å². The summed E-state index contributed by atoms with van der Waals surface area (Å²) in [5.41, 5.74) is 9.05. The highest BCUT2D eigenvalue weighted by atomic mass is 79.9. The van der Waals surface area contributed by atoms with Crippen molar-refractivity contribution < 1.29 is 0 Å². The van der Waals surface area contributed by atoms with Crippen LogP contribution < -0.4 is 10.6 Å². The molecule has 0 saturated heterocycles. The normalized spacial score (nSPS) is 9.83. The average Bonchev–Trinajstić information content (AvgIpc) is 2.38. The molecule has 2 aromatic rings. The van der Waals surface area contributed by atoms with Gasteiger partial charge in [-0.05, 0) is 42.5 Å². The SMILES string of the molecule is CN(c1ccc(Br)cc1)c1ccc(C#N)cc1N. The molecule has 0 saturated carbocycles. The summed E-state index contributed by atoms with van der Waals surface area (Å²) in [7, 11) is 1.95. The van der Waals surface area contributed by atoms with Gasteiger partial charge in [0, 0.05) is 17.2 Å². The van der Waals surface area contributed by atoms with Crippen LogP contribution in [0.15, 0.2) is 46.9 Å². The second-order valence-corrected chi connectivity index (χ2v) is 4.84. The number of benzene rings is 2. The third-order valence-electron chi connectivity index (χ3n) is 2.73. The van der Waals surface area contributed by atoms with Gasteiger partial charge in [-0.3, -0.25) is 0 Å². The first-order valence-electron chi connectivity index (χ1n) is 5.41. The zero-order chi connectivity index (χ0) is 13.1. The molecule has 18 heavy (non-hydrogen) atoms. The maximum Gasteiger partial charge on any atom is 0.0992 e. The molecule has 3 nitrogen and oxygen atoms in total. The van der Waals surface area contributed by atoms with Crippen molar-refractivity contribution in [1.29, 1.82) is 5.26 Å². The third kappa shape index (κ3) is 2.47. The fourth-order valence-corrected chi connectivity index (χ4v) is 2.00. The van der Waals surface area contributed by atoms with E-state index in [1.165, 1.54) is 0 Å². The Kier molecular flexibility index (Phi) is 3.54. The zero-order valence-electron chi connectivity index (χ0n) is 9.89. The molecule has 0 unspecified atom stereocenters. The number of nitrogens with two attached hydrogens (primary N) is 1. The van der Waals surface area contributed by atoms with Crippen molar-refractivity contribution in [2.45, 2.75) is 0 Å². The highest BCUT2D eigenvalue weighted by Crippen LogP contribution is 2.30. The minimum absolute atomic E-state index is 0.570. The van der Waals surface area contributed by atoms with Gasteiger partial charge in [-0.2, -0.15) is 5.26 Å². The van der Waals surface area contributed by atoms with Crippen molar-refractivity contribution in [2.24, 2.45) is 0 Å². The number of hydrogen-bond donors (Lipinski definition) is 1. The molecule has 0 spiro atoms. The quantitative estimate of drug-likeness (QED) is 0.861. The van der Waals surface area contributed by atoms with E-state index >= 15 is 0 Å². The highest BCUT2D eigenvalue weighted by Gasteiger charge is 2.08. The number of nitrogen functional groups attached to an aromatic ring is 1. The standard InChI is InChI=1S/C14H12BrN3/c1-18(12-5-3-11(15)4-6-12)14-7-2-10(9-16)8-13(14)17/h2-8H,17H2,1H3. The molecular weight excluding hydrogens is 290 g/mol. The Morgan fingerprint density at radius 2 is 1.83 bits per heavy atom. The first kappa shape index (κ1) is 12.5. The van der Waals surface area contributed by atoms with Gasteiger partial charge >= 0.3 is 0 Å². The molecular formula is C14H12BrN3. The number of hydrogen-bond acceptors (Lipinski definition) is 3. The van der Waals surface area contributed by atoms with E-state index in [2.05, 4.69) is 22.0 Å². The molecule has 0 radical (unpaired) electrons. The number of nitrogens with zero attached hydrogens (tertiary/aromatic N) is 2. The van der Waals surface area contributed by atoms with Gasteiger partial charge in [0.1, 0.15) is 0 Å². The van der Waals surface area contributed by atoms with Crippen molar-refractivity contribution in [2.75, 3.05) is 17.7 Å². The van der Waals surface area contributed by atoms with E-state index < -0.39 is 0 Å². The van der Waals surface area contributed by atoms with E-state index in [0.717, 1.165) is 15.8 Å². The topological polar surface area (TPSA) is 53.0 Å². The first-order valence-corrected chi connectivity index (χ1v) is 6.20. The predicted molar refractivity (Wildman–Crippen MR) is 77.8 cm³/mol. The summed E-state index contributed by atoms with van der Waals surface area (Å²) in [6.45, 7) is 0. The monoisotopic (exact) mass is 301 g/mol. The summed E-state index contributed by atoms with van der Waals surface area (Å²) in [5.74, 6) is 0. The lowest BCUT2D eigenvalue weighted by molar-refractivity contribution is 1.21. The number of anilines is 3. The Morgan fingerprint density at radius 1 is 1.17 bits per heavy atom. The highest BCUT2D eigenvalue weighted by molar-refractivity contribution is 9.10. The summed E-state index contributed by atoms with van der Waals surface area (Å²) in [6.07, 6.45) is 0. The maximum atomic E-state index is 8.81. The van der Waals surface area contributed by atoms with Crippen LogP contribution >= 0.6 is 15.9 Å². The van der Waals surface area contributed by atoms with Crippen LogP contribution in [0.25, 0.3) is 0 Å². The molecule has 0 fully saturated rings. The summed E-state index contributed by atoms with van der Waals surface area (Å²) < 4.78 is 1.03. The van der Waals surface area contributed by atoms with Crippen LogP contribution in [-0.2, 0) is 0 Å². The number of rotatable bonds is 2. The average molecular weight is 302 g/mol. The van der Waals surface area contributed by atoms with E-state index in [-0.39, 0.29) is 0 Å². The molecule has 2 N–H and O–H groups in total. The molecule has 0 aliphatic heterocycles. The second kappa shape index (κ2) is 5.11. The van der Waals surface area contributed by atoms with Gasteiger partial charge in [0.2, 0.25) is 0 Å². The van der Waals surface area contributed by atoms with E-state index in [4.69, 9.17) is 11.0 Å². The van der Waals surface area contributed by atoms with E-state index in [0.29, 0.717) is 11.3 Å². The lowest BCUT2D eigenvalue weighted by atomic mass is 10.1. The number of nitriles is 1. The largest absolute Gasteiger partial charge is 0.397 e. The smallest absolute Gasteiger partial charge is 0.0992 e. The Labute approximate surface area is 115 Å². The number of halogens is 1. The van der Waals surface area contributed by atoms with Gasteiger partial charge in [-0.15, -0.1) is 0 Å². The second-order valence-electron chi connectivity index (χ2n) is 3.92. The van der Waals surface area contributed by atoms with Crippen molar-refractivity contribution in [3.05, 3.63) is 52.5 Å². The van der Waals surface area contributed by atoms with E-state index in [1.807, 2.05) is 42.3 Å². The Balaban J connectivity index is 2.37. The molecule has 0 aliphatic rings. The predicted octanol–water partition coefficient (Wildman–Crippen LogP) is 3.67. The fraction of sp³-hybridized carbons (Fsp3) is 0.0714. The molecule has 0 aromatic heterocycles. The van der Waals surface area contributed by atoms with E-state index in [1.54, 1.807) is 12.1 Å². The third-order valence-corrected chi connectivity index (χ3v) is 3.26. The minimum atomic E-state index is 0.570. The Morgan fingerprint density at radius 3 is 2.39 bits per heavy atom. The molecule has 4 heteroatoms. The van der Waals surface area contributed by atoms with Gasteiger partial charge < -0.3 is 10.6 Å². The van der Waals surface area contributed by atoms with Gasteiger partial charge in [0.05, 0.1) is 23.0 Å². The van der Waals surface area contributed by atoms with Gasteiger partial charge in [0.25, 0.3) is 0 Å². The van der Waals surface area contributed by atoms with Crippen LogP contribution in [0.1, 0.15) is 5.56 Å². The summed E-state index contributed by atoms with van der Waals surface area (Å²) in [5, 5.41) is 8.81. The van der Waals surface area contributed by atoms with Crippen LogP contribution in [0.5, 0.6) is 0 Å². The summed E-state index contributed by atoms with van der Waals surface area (Å²) in [4.78, 5) is 1.99. The van der Waals surface area contributed by atoms with E-state index in [9.17, 15) is 0 Å². The summed E-state index contributed by atoms with van der Waals surface area (Å²) >= 11 is 3.40. The van der Waals surface area contributed by atoms with Crippen LogP contribution in [0.4, 0.5) is 17.1 Å². The Bertz CT molecular complexity index is 599. The molecule has 0 amide bonds. The van der Waals surface area contributed by atoms with Crippen molar-refractivity contribution >= 4 is 33.0 Å². The Hall–Kier alpha value is -1.99. The van der Waals surface area contributed by atoms with Crippen molar-refractivity contribution in [1.82, 2.24) is 0 Å². The lowest BCUT2D eigenvalue weighted by Gasteiger charge is -2.21. The molecule has 0 bridgehead atoms. The van der Waals surface area contributed by atoms with Crippen molar-refractivity contribution in [3.8, 4) is 6.07 Å². The fourth-order valence-electron chi connectivity index (χ4n) is 1.73. The van der Waals surface area contributed by atoms with Crippen LogP contribution in [0.3, 0.4) is 0 Å². The first-order chi connectivity index (χ1) is 8.61. The maximum absolute atomic E-state index is 8.81. The minimum Gasteiger partial charge on any atom is -0.397 e. The van der Waals surface area contributed by atoms with Crippen molar-refractivity contribution in [3.63, 3.8) is 0 Å². The molecule has 2 rings (SSSR count). The van der Waals surface area contributed by atoms with Gasteiger partial charge in [0.15, 0.2) is 0 Å². The van der Waals surface area contributed by atoms with Gasteiger partial charge in [-0.1, -0.05) is 15.9 Å². The molecule has 0 heterocycles. The van der Waals surface area contributed by atoms with Crippen LogP contribution in [-0.4, -0.2) is 7.05 Å². The molecule has 0 atom stereocenters. The lowest BCUT2D eigenvalue weighted by Crippen LogP contribution is -2.11. The zero-order valence-corrected chi connectivity index (χ0v) is 11.5. The summed E-state index contributed by atoms with van der Waals surface area (Å²) in [6, 6.07) is 15.3. The molecule has 2 aromatic carbocycles. The van der Waals surface area contributed by atoms with Crippen LogP contribution in [0.2, 0.25) is 0 Å². The molecule has 90 valence electrons. The van der Waals surface area contributed by atoms with Gasteiger partial charge in [-0.25, -0.2) is 0 Å². The molecule has 0 aliphatic carbocycles.